The van der Waals surface area contributed by atoms with Crippen LogP contribution < -0.4 is 5.32 Å². The van der Waals surface area contributed by atoms with Crippen LogP contribution >= 0.6 is 0 Å². The highest BCUT2D eigenvalue weighted by molar-refractivity contribution is 6.33. The molecule has 4 nitrogen and oxygen atoms in total. The van der Waals surface area contributed by atoms with Crippen LogP contribution in [-0.4, -0.2) is 11.8 Å². The number of benzene rings is 2. The molecule has 0 unspecified atom stereocenters. The lowest BCUT2D eigenvalue weighted by Gasteiger charge is -2.17. The summed E-state index contributed by atoms with van der Waals surface area (Å²) in [6.07, 6.45) is 1.59. The first-order valence-electron chi connectivity index (χ1n) is 7.64. The zero-order valence-corrected chi connectivity index (χ0v) is 13.0. The Kier molecular flexibility index (Phi) is 3.54. The molecule has 0 fully saturated rings. The zero-order chi connectivity index (χ0) is 17.4. The highest BCUT2D eigenvalue weighted by Gasteiger charge is 2.26. The minimum atomic E-state index is -0.469. The molecule has 1 aromatic heterocycles. The molecule has 0 spiro atoms. The lowest BCUT2D eigenvalue weighted by Crippen LogP contribution is -2.36. The van der Waals surface area contributed by atoms with Gasteiger partial charge in [-0.1, -0.05) is 18.2 Å². The van der Waals surface area contributed by atoms with Gasteiger partial charge in [-0.25, -0.2) is 4.39 Å². The van der Waals surface area contributed by atoms with Gasteiger partial charge in [0.15, 0.2) is 0 Å². The molecule has 2 amide bonds. The van der Waals surface area contributed by atoms with Crippen LogP contribution in [0.4, 0.5) is 4.39 Å². The van der Waals surface area contributed by atoms with Crippen LogP contribution in [0.5, 0.6) is 0 Å². The summed E-state index contributed by atoms with van der Waals surface area (Å²) in [4.78, 5) is 24.1. The number of carbonyl (C=O) groups excluding carboxylic acids is 2. The highest BCUT2D eigenvalue weighted by Crippen LogP contribution is 2.28. The minimum Gasteiger partial charge on any atom is -0.457 e. The predicted molar refractivity (Wildman–Crippen MR) is 90.9 cm³/mol. The SMILES string of the molecule is O=C1NC(=O)c2ccccc2C1=Cc1ccc(-c2ccc(F)cc2)o1. The van der Waals surface area contributed by atoms with E-state index in [-0.39, 0.29) is 5.82 Å². The van der Waals surface area contributed by atoms with E-state index in [1.807, 2.05) is 0 Å². The van der Waals surface area contributed by atoms with E-state index >= 15 is 0 Å². The van der Waals surface area contributed by atoms with Crippen LogP contribution in [0.1, 0.15) is 21.7 Å². The third-order valence-corrected chi connectivity index (χ3v) is 3.98. The van der Waals surface area contributed by atoms with Crippen LogP contribution in [0.2, 0.25) is 0 Å². The fourth-order valence-corrected chi connectivity index (χ4v) is 2.76. The summed E-state index contributed by atoms with van der Waals surface area (Å²) in [5, 5.41) is 2.32. The first-order valence-corrected chi connectivity index (χ1v) is 7.64. The maximum atomic E-state index is 13.0. The molecule has 0 bridgehead atoms. The molecule has 2 aromatic carbocycles. The molecule has 1 aliphatic heterocycles. The van der Waals surface area contributed by atoms with Crippen molar-refractivity contribution in [3.63, 3.8) is 0 Å². The number of halogens is 1. The Bertz CT molecular complexity index is 1020. The highest BCUT2D eigenvalue weighted by atomic mass is 19.1. The first kappa shape index (κ1) is 15.1. The van der Waals surface area contributed by atoms with Crippen molar-refractivity contribution in [2.24, 2.45) is 0 Å². The number of carbonyl (C=O) groups is 2. The van der Waals surface area contributed by atoms with Crippen molar-refractivity contribution in [3.8, 4) is 11.3 Å². The molecule has 4 rings (SSSR count). The van der Waals surface area contributed by atoms with Crippen molar-refractivity contribution in [3.05, 3.63) is 83.4 Å². The first-order chi connectivity index (χ1) is 12.1. The average molecular weight is 333 g/mol. The van der Waals surface area contributed by atoms with E-state index in [4.69, 9.17) is 4.42 Å². The Hall–Kier alpha value is -3.47. The number of imide groups is 1. The van der Waals surface area contributed by atoms with Crippen LogP contribution in [0.25, 0.3) is 23.0 Å². The molecule has 0 radical (unpaired) electrons. The Labute approximate surface area is 142 Å². The van der Waals surface area contributed by atoms with Gasteiger partial charge in [-0.3, -0.25) is 14.9 Å². The number of hydrogen-bond donors (Lipinski definition) is 1. The molecule has 1 N–H and O–H groups in total. The topological polar surface area (TPSA) is 59.3 Å². The third kappa shape index (κ3) is 2.76. The van der Waals surface area contributed by atoms with Crippen LogP contribution in [0.3, 0.4) is 0 Å². The van der Waals surface area contributed by atoms with Crippen molar-refractivity contribution in [2.75, 3.05) is 0 Å². The molecular weight excluding hydrogens is 321 g/mol. The fraction of sp³-hybridized carbons (Fsp3) is 0. The maximum absolute atomic E-state index is 13.0. The van der Waals surface area contributed by atoms with Gasteiger partial charge in [0, 0.05) is 16.7 Å². The number of furan rings is 1. The number of hydrogen-bond acceptors (Lipinski definition) is 3. The largest absolute Gasteiger partial charge is 0.457 e. The lowest BCUT2D eigenvalue weighted by atomic mass is 9.94. The van der Waals surface area contributed by atoms with Crippen LogP contribution in [0.15, 0.2) is 65.1 Å². The van der Waals surface area contributed by atoms with Gasteiger partial charge in [0.05, 0.1) is 5.57 Å². The van der Waals surface area contributed by atoms with Crippen molar-refractivity contribution in [1.29, 1.82) is 0 Å². The van der Waals surface area contributed by atoms with Crippen molar-refractivity contribution in [1.82, 2.24) is 5.32 Å². The van der Waals surface area contributed by atoms with Crippen molar-refractivity contribution < 1.29 is 18.4 Å². The second-order valence-corrected chi connectivity index (χ2v) is 5.60. The van der Waals surface area contributed by atoms with E-state index in [9.17, 15) is 14.0 Å². The fourth-order valence-electron chi connectivity index (χ4n) is 2.76. The summed E-state index contributed by atoms with van der Waals surface area (Å²) in [6, 6.07) is 16.3. The number of amides is 2. The number of rotatable bonds is 2. The molecule has 122 valence electrons. The molecule has 3 aromatic rings. The lowest BCUT2D eigenvalue weighted by molar-refractivity contribution is -0.114. The summed E-state index contributed by atoms with van der Waals surface area (Å²) < 4.78 is 18.8. The van der Waals surface area contributed by atoms with Gasteiger partial charge in [-0.15, -0.1) is 0 Å². The van der Waals surface area contributed by atoms with Gasteiger partial charge in [-0.2, -0.15) is 0 Å². The molecular formula is C20H12FNO3. The number of nitrogens with one attached hydrogen (secondary N) is 1. The molecule has 0 saturated carbocycles. The monoisotopic (exact) mass is 333 g/mol. The summed E-state index contributed by atoms with van der Waals surface area (Å²) in [7, 11) is 0. The second kappa shape index (κ2) is 5.87. The minimum absolute atomic E-state index is 0.321. The molecule has 0 saturated heterocycles. The normalized spacial score (nSPS) is 15.2. The molecule has 25 heavy (non-hydrogen) atoms. The van der Waals surface area contributed by atoms with Crippen LogP contribution in [0, 0.1) is 5.82 Å². The summed E-state index contributed by atoms with van der Waals surface area (Å²) >= 11 is 0. The third-order valence-electron chi connectivity index (χ3n) is 3.98. The standard InChI is InChI=1S/C20H12FNO3/c21-13-7-5-12(6-8-13)18-10-9-14(25-18)11-17-15-3-1-2-4-16(15)19(23)22-20(17)24/h1-11H,(H,22,23,24). The summed E-state index contributed by atoms with van der Waals surface area (Å²) in [6.45, 7) is 0. The maximum Gasteiger partial charge on any atom is 0.258 e. The van der Waals surface area contributed by atoms with Gasteiger partial charge in [0.25, 0.3) is 11.8 Å². The van der Waals surface area contributed by atoms with Gasteiger partial charge < -0.3 is 4.42 Å². The van der Waals surface area contributed by atoms with Crippen LogP contribution in [-0.2, 0) is 4.79 Å². The van der Waals surface area contributed by atoms with E-state index in [2.05, 4.69) is 5.32 Å². The molecule has 2 heterocycles. The molecule has 0 aliphatic carbocycles. The Morgan fingerprint density at radius 2 is 1.56 bits per heavy atom. The van der Waals surface area contributed by atoms with Gasteiger partial charge in [0.2, 0.25) is 0 Å². The predicted octanol–water partition coefficient (Wildman–Crippen LogP) is 3.90. The molecule has 0 atom stereocenters. The van der Waals surface area contributed by atoms with Gasteiger partial charge in [-0.05, 0) is 48.5 Å². The average Bonchev–Trinajstić information content (AvgIpc) is 3.08. The van der Waals surface area contributed by atoms with E-state index in [0.29, 0.717) is 28.2 Å². The second-order valence-electron chi connectivity index (χ2n) is 5.60. The summed E-state index contributed by atoms with van der Waals surface area (Å²) in [5.74, 6) is -0.175. The summed E-state index contributed by atoms with van der Waals surface area (Å²) in [5.41, 5.74) is 2.10. The van der Waals surface area contributed by atoms with E-state index in [1.165, 1.54) is 12.1 Å². The zero-order valence-electron chi connectivity index (χ0n) is 13.0. The number of fused-ring (bicyclic) bond motifs is 1. The van der Waals surface area contributed by atoms with E-state index < -0.39 is 11.8 Å². The van der Waals surface area contributed by atoms with Gasteiger partial charge >= 0.3 is 0 Å². The Morgan fingerprint density at radius 3 is 2.32 bits per heavy atom. The quantitative estimate of drug-likeness (QED) is 0.572. The van der Waals surface area contributed by atoms with E-state index in [0.717, 1.165) is 5.56 Å². The Balaban J connectivity index is 1.74. The smallest absolute Gasteiger partial charge is 0.258 e. The molecule has 5 heteroatoms. The Morgan fingerprint density at radius 1 is 0.840 bits per heavy atom. The molecule has 1 aliphatic rings. The van der Waals surface area contributed by atoms with E-state index in [1.54, 1.807) is 54.6 Å². The van der Waals surface area contributed by atoms with Crippen molar-refractivity contribution >= 4 is 23.5 Å². The van der Waals surface area contributed by atoms with Gasteiger partial charge in [0.1, 0.15) is 17.3 Å². The van der Waals surface area contributed by atoms with Crippen molar-refractivity contribution in [2.45, 2.75) is 0 Å².